The topological polar surface area (TPSA) is 70.5 Å². The maximum absolute atomic E-state index is 13.3. The Morgan fingerprint density at radius 3 is 2.14 bits per heavy atom. The van der Waals surface area contributed by atoms with Crippen LogP contribution in [0.1, 0.15) is 17.3 Å². The Balaban J connectivity index is 2.03. The molecular formula is C22H22N2O3S. The van der Waals surface area contributed by atoms with Crippen LogP contribution in [0.2, 0.25) is 0 Å². The van der Waals surface area contributed by atoms with Gasteiger partial charge in [0, 0.05) is 12.7 Å². The molecule has 0 unspecified atom stereocenters. The number of sulfone groups is 1. The number of hydroxylamine groups is 2. The normalized spacial score (nSPS) is 13.8. The minimum absolute atomic E-state index is 0.150. The van der Waals surface area contributed by atoms with Crippen LogP contribution >= 0.6 is 0 Å². The lowest BCUT2D eigenvalue weighted by molar-refractivity contribution is -0.136. The molecule has 0 aliphatic carbocycles. The standard InChI is InChI=1S/C22H22N2O3S/c1-2-21(28(26,27)19-13-7-4-8-14-19)22(20-15-9-10-16-23-20)24(25)17-18-11-5-3-6-12-18/h2-16,21-22,25H,1,17H2/t21-,22+/m1/s1. The van der Waals surface area contributed by atoms with Crippen molar-refractivity contribution in [3.63, 3.8) is 0 Å². The van der Waals surface area contributed by atoms with E-state index in [-0.39, 0.29) is 11.4 Å². The van der Waals surface area contributed by atoms with Crippen molar-refractivity contribution in [3.05, 3.63) is 109 Å². The molecule has 1 N–H and O–H groups in total. The highest BCUT2D eigenvalue weighted by Crippen LogP contribution is 2.32. The van der Waals surface area contributed by atoms with E-state index in [4.69, 9.17) is 0 Å². The van der Waals surface area contributed by atoms with E-state index in [0.29, 0.717) is 5.69 Å². The molecule has 1 heterocycles. The molecule has 0 aliphatic heterocycles. The van der Waals surface area contributed by atoms with Gasteiger partial charge in [0.05, 0.1) is 16.6 Å². The van der Waals surface area contributed by atoms with Crippen LogP contribution in [0.15, 0.2) is 103 Å². The van der Waals surface area contributed by atoms with E-state index >= 15 is 0 Å². The summed E-state index contributed by atoms with van der Waals surface area (Å²) >= 11 is 0. The highest BCUT2D eigenvalue weighted by molar-refractivity contribution is 7.92. The minimum atomic E-state index is -3.80. The highest BCUT2D eigenvalue weighted by Gasteiger charge is 2.37. The average molecular weight is 394 g/mol. The van der Waals surface area contributed by atoms with Crippen LogP contribution in [0.5, 0.6) is 0 Å². The second kappa shape index (κ2) is 8.93. The summed E-state index contributed by atoms with van der Waals surface area (Å²) < 4.78 is 26.6. The van der Waals surface area contributed by atoms with E-state index in [9.17, 15) is 13.6 Å². The zero-order chi connectivity index (χ0) is 20.0. The van der Waals surface area contributed by atoms with Gasteiger partial charge >= 0.3 is 0 Å². The SMILES string of the molecule is C=C[C@H]([C@H](c1ccccn1)N(O)Cc1ccccc1)S(=O)(=O)c1ccccc1. The van der Waals surface area contributed by atoms with Crippen LogP contribution < -0.4 is 0 Å². The second-order valence-corrected chi connectivity index (χ2v) is 8.45. The number of hydrogen-bond acceptors (Lipinski definition) is 5. The number of benzene rings is 2. The van der Waals surface area contributed by atoms with E-state index in [1.54, 1.807) is 54.7 Å². The molecular weight excluding hydrogens is 372 g/mol. The Labute approximate surface area is 165 Å². The number of hydrogen-bond donors (Lipinski definition) is 1. The van der Waals surface area contributed by atoms with Gasteiger partial charge in [0.2, 0.25) is 0 Å². The van der Waals surface area contributed by atoms with Gasteiger partial charge in [-0.3, -0.25) is 4.98 Å². The van der Waals surface area contributed by atoms with Gasteiger partial charge in [-0.1, -0.05) is 60.7 Å². The third-order valence-corrected chi connectivity index (χ3v) is 6.57. The maximum atomic E-state index is 13.3. The van der Waals surface area contributed by atoms with Gasteiger partial charge < -0.3 is 5.21 Å². The van der Waals surface area contributed by atoms with Gasteiger partial charge in [-0.25, -0.2) is 8.42 Å². The third-order valence-electron chi connectivity index (χ3n) is 4.47. The molecule has 0 spiro atoms. The van der Waals surface area contributed by atoms with E-state index in [1.165, 1.54) is 6.08 Å². The zero-order valence-corrected chi connectivity index (χ0v) is 16.1. The number of pyridine rings is 1. The number of nitrogens with zero attached hydrogens (tertiary/aromatic N) is 2. The van der Waals surface area contributed by atoms with Crippen LogP contribution in [-0.4, -0.2) is 28.9 Å². The molecule has 144 valence electrons. The molecule has 3 aromatic rings. The predicted molar refractivity (Wildman–Crippen MR) is 108 cm³/mol. The summed E-state index contributed by atoms with van der Waals surface area (Å²) in [5.41, 5.74) is 1.30. The van der Waals surface area contributed by atoms with Gasteiger partial charge in [0.15, 0.2) is 9.84 Å². The van der Waals surface area contributed by atoms with E-state index in [1.807, 2.05) is 30.3 Å². The summed E-state index contributed by atoms with van der Waals surface area (Å²) in [4.78, 5) is 4.48. The minimum Gasteiger partial charge on any atom is -0.313 e. The average Bonchev–Trinajstić information content (AvgIpc) is 2.73. The van der Waals surface area contributed by atoms with Crippen molar-refractivity contribution < 1.29 is 13.6 Å². The zero-order valence-electron chi connectivity index (χ0n) is 15.3. The Morgan fingerprint density at radius 1 is 0.964 bits per heavy atom. The molecule has 0 fully saturated rings. The van der Waals surface area contributed by atoms with Gasteiger partial charge in [-0.2, -0.15) is 5.06 Å². The summed E-state index contributed by atoms with van der Waals surface area (Å²) in [6.07, 6.45) is 2.93. The monoisotopic (exact) mass is 394 g/mol. The van der Waals surface area contributed by atoms with Gasteiger partial charge in [0.1, 0.15) is 5.25 Å². The van der Waals surface area contributed by atoms with Gasteiger partial charge in [0.25, 0.3) is 0 Å². The van der Waals surface area contributed by atoms with Crippen molar-refractivity contribution >= 4 is 9.84 Å². The molecule has 0 radical (unpaired) electrons. The fourth-order valence-corrected chi connectivity index (χ4v) is 4.83. The summed E-state index contributed by atoms with van der Waals surface area (Å²) in [6, 6.07) is 21.8. The first-order chi connectivity index (χ1) is 13.5. The lowest BCUT2D eigenvalue weighted by atomic mass is 10.1. The van der Waals surface area contributed by atoms with Crippen molar-refractivity contribution in [3.8, 4) is 0 Å². The molecule has 0 amide bonds. The first kappa shape index (κ1) is 19.9. The van der Waals surface area contributed by atoms with Crippen LogP contribution in [0.3, 0.4) is 0 Å². The van der Waals surface area contributed by atoms with Crippen molar-refractivity contribution in [1.82, 2.24) is 10.0 Å². The molecule has 28 heavy (non-hydrogen) atoms. The number of aromatic nitrogens is 1. The van der Waals surface area contributed by atoms with Gasteiger partial charge in [-0.15, -0.1) is 6.58 Å². The van der Waals surface area contributed by atoms with Gasteiger partial charge in [-0.05, 0) is 29.8 Å². The van der Waals surface area contributed by atoms with Crippen LogP contribution in [0, 0.1) is 0 Å². The quantitative estimate of drug-likeness (QED) is 0.461. The maximum Gasteiger partial charge on any atom is 0.186 e. The lowest BCUT2D eigenvalue weighted by Crippen LogP contribution is -2.38. The molecule has 5 nitrogen and oxygen atoms in total. The first-order valence-electron chi connectivity index (χ1n) is 8.86. The van der Waals surface area contributed by atoms with Crippen molar-refractivity contribution in [2.24, 2.45) is 0 Å². The summed E-state index contributed by atoms with van der Waals surface area (Å²) in [5.74, 6) is 0. The van der Waals surface area contributed by atoms with Crippen molar-refractivity contribution in [1.29, 1.82) is 0 Å². The molecule has 0 saturated heterocycles. The van der Waals surface area contributed by atoms with E-state index in [0.717, 1.165) is 10.6 Å². The second-order valence-electron chi connectivity index (χ2n) is 6.34. The van der Waals surface area contributed by atoms with E-state index < -0.39 is 21.1 Å². The first-order valence-corrected chi connectivity index (χ1v) is 10.4. The summed E-state index contributed by atoms with van der Waals surface area (Å²) in [7, 11) is -3.80. The van der Waals surface area contributed by atoms with Crippen molar-refractivity contribution in [2.45, 2.75) is 22.7 Å². The Hall–Kier alpha value is -2.80. The molecule has 1 aromatic heterocycles. The fourth-order valence-electron chi connectivity index (χ4n) is 3.10. The number of rotatable bonds is 8. The van der Waals surface area contributed by atoms with Crippen LogP contribution in [0.25, 0.3) is 0 Å². The van der Waals surface area contributed by atoms with E-state index in [2.05, 4.69) is 11.6 Å². The molecule has 0 bridgehead atoms. The highest BCUT2D eigenvalue weighted by atomic mass is 32.2. The smallest absolute Gasteiger partial charge is 0.186 e. The molecule has 0 saturated carbocycles. The lowest BCUT2D eigenvalue weighted by Gasteiger charge is -2.31. The largest absolute Gasteiger partial charge is 0.313 e. The van der Waals surface area contributed by atoms with Crippen LogP contribution in [0.4, 0.5) is 0 Å². The molecule has 2 aromatic carbocycles. The predicted octanol–water partition coefficient (Wildman–Crippen LogP) is 4.04. The third kappa shape index (κ3) is 4.36. The molecule has 0 aliphatic rings. The summed E-state index contributed by atoms with van der Waals surface area (Å²) in [6.45, 7) is 3.89. The van der Waals surface area contributed by atoms with Crippen LogP contribution in [-0.2, 0) is 16.4 Å². The van der Waals surface area contributed by atoms with Crippen molar-refractivity contribution in [2.75, 3.05) is 0 Å². The Kier molecular flexibility index (Phi) is 6.36. The molecule has 6 heteroatoms. The fraction of sp³-hybridized carbons (Fsp3) is 0.136. The Bertz CT molecular complexity index is 994. The Morgan fingerprint density at radius 2 is 1.57 bits per heavy atom. The summed E-state index contributed by atoms with van der Waals surface area (Å²) in [5, 5.41) is 10.8. The molecule has 3 rings (SSSR count). The molecule has 2 atom stereocenters.